The summed E-state index contributed by atoms with van der Waals surface area (Å²) in [5, 5.41) is 0. The summed E-state index contributed by atoms with van der Waals surface area (Å²) in [5.74, 6) is 0. The zero-order chi connectivity index (χ0) is 41.1. The van der Waals surface area contributed by atoms with Crippen LogP contribution in [0.3, 0.4) is 0 Å². The Morgan fingerprint density at radius 1 is 0.180 bits per heavy atom. The Balaban J connectivity index is 0.939. The Bertz CT molecular complexity index is 2530. The number of nitrogens with zero attached hydrogens (tertiary/aromatic N) is 1. The maximum absolute atomic E-state index is 2.32. The summed E-state index contributed by atoms with van der Waals surface area (Å²) in [6.45, 7) is 0. The molecule has 1 heteroatoms. The Hall–Kier alpha value is -8.00. The molecule has 0 fully saturated rings. The van der Waals surface area contributed by atoms with E-state index in [1.807, 2.05) is 0 Å². The summed E-state index contributed by atoms with van der Waals surface area (Å²) < 4.78 is 0. The standard InChI is InChI=1S/C60H45N/c1-4-10-52(11-5-1)55-34-22-46(23-35-55)16-19-49-28-40-58(41-29-49)61(59-42-30-50(31-43-59)20-17-47-24-36-56(37-25-47)53-12-6-2-7-13-53)60-44-32-51(33-45-60)21-18-48-26-38-57(39-27-48)54-14-8-3-9-15-54/h1-45H. The summed E-state index contributed by atoms with van der Waals surface area (Å²) in [7, 11) is 0. The molecule has 0 spiro atoms. The normalized spacial score (nSPS) is 11.4. The fourth-order valence-electron chi connectivity index (χ4n) is 7.48. The van der Waals surface area contributed by atoms with Crippen molar-refractivity contribution in [2.45, 2.75) is 0 Å². The molecule has 0 saturated heterocycles. The number of benzene rings is 9. The molecule has 1 nitrogen and oxygen atoms in total. The zero-order valence-electron chi connectivity index (χ0n) is 33.9. The van der Waals surface area contributed by atoms with Gasteiger partial charge in [-0.25, -0.2) is 0 Å². The van der Waals surface area contributed by atoms with Crippen LogP contribution in [0.5, 0.6) is 0 Å². The van der Waals surface area contributed by atoms with Crippen molar-refractivity contribution in [3.05, 3.63) is 270 Å². The molecule has 9 rings (SSSR count). The lowest BCUT2D eigenvalue weighted by Gasteiger charge is -2.26. The van der Waals surface area contributed by atoms with Crippen LogP contribution in [0.25, 0.3) is 69.8 Å². The minimum atomic E-state index is 1.09. The second-order valence-electron chi connectivity index (χ2n) is 15.1. The van der Waals surface area contributed by atoms with E-state index in [2.05, 4.69) is 278 Å². The van der Waals surface area contributed by atoms with E-state index in [-0.39, 0.29) is 0 Å². The maximum atomic E-state index is 2.32. The van der Waals surface area contributed by atoms with Gasteiger partial charge in [0.1, 0.15) is 0 Å². The quantitative estimate of drug-likeness (QED) is 0.112. The predicted octanol–water partition coefficient (Wildman–Crippen LogP) is 16.7. The van der Waals surface area contributed by atoms with Gasteiger partial charge in [0.15, 0.2) is 0 Å². The summed E-state index contributed by atoms with van der Waals surface area (Å²) in [4.78, 5) is 2.32. The molecule has 0 bridgehead atoms. The predicted molar refractivity (Wildman–Crippen MR) is 264 cm³/mol. The molecule has 0 heterocycles. The molecule has 0 unspecified atom stereocenters. The summed E-state index contributed by atoms with van der Waals surface area (Å²) >= 11 is 0. The van der Waals surface area contributed by atoms with Gasteiger partial charge in [0, 0.05) is 17.1 Å². The third-order valence-electron chi connectivity index (χ3n) is 10.9. The molecule has 0 N–H and O–H groups in total. The largest absolute Gasteiger partial charge is 0.311 e. The van der Waals surface area contributed by atoms with E-state index in [1.165, 1.54) is 50.1 Å². The highest BCUT2D eigenvalue weighted by Gasteiger charge is 2.12. The van der Waals surface area contributed by atoms with E-state index < -0.39 is 0 Å². The Kier molecular flexibility index (Phi) is 11.8. The van der Waals surface area contributed by atoms with E-state index in [1.54, 1.807) is 0 Å². The molecule has 61 heavy (non-hydrogen) atoms. The van der Waals surface area contributed by atoms with Gasteiger partial charge in [0.2, 0.25) is 0 Å². The molecule has 0 aliphatic carbocycles. The Morgan fingerprint density at radius 2 is 0.361 bits per heavy atom. The van der Waals surface area contributed by atoms with Crippen LogP contribution in [0.1, 0.15) is 33.4 Å². The lowest BCUT2D eigenvalue weighted by Crippen LogP contribution is -2.09. The molecule has 0 saturated carbocycles. The molecule has 0 aliphatic heterocycles. The van der Waals surface area contributed by atoms with Gasteiger partial charge in [-0.05, 0) is 103 Å². The first-order chi connectivity index (χ1) is 30.2. The van der Waals surface area contributed by atoms with Crippen molar-refractivity contribution in [2.75, 3.05) is 4.90 Å². The Labute approximate surface area is 360 Å². The fourth-order valence-corrected chi connectivity index (χ4v) is 7.48. The molecular weight excluding hydrogens is 735 g/mol. The third kappa shape index (κ3) is 9.83. The van der Waals surface area contributed by atoms with Gasteiger partial charge >= 0.3 is 0 Å². The average Bonchev–Trinajstić information content (AvgIpc) is 3.34. The van der Waals surface area contributed by atoms with Crippen LogP contribution in [0.2, 0.25) is 0 Å². The first-order valence-electron chi connectivity index (χ1n) is 20.8. The van der Waals surface area contributed by atoms with Gasteiger partial charge in [0.25, 0.3) is 0 Å². The second kappa shape index (κ2) is 18.7. The van der Waals surface area contributed by atoms with Crippen molar-refractivity contribution in [1.29, 1.82) is 0 Å². The van der Waals surface area contributed by atoms with E-state index in [0.717, 1.165) is 33.8 Å². The molecule has 0 atom stereocenters. The van der Waals surface area contributed by atoms with Crippen molar-refractivity contribution >= 4 is 53.5 Å². The van der Waals surface area contributed by atoms with Crippen molar-refractivity contribution < 1.29 is 0 Å². The fraction of sp³-hybridized carbons (Fsp3) is 0. The van der Waals surface area contributed by atoms with Gasteiger partial charge in [-0.1, -0.05) is 237 Å². The molecule has 0 amide bonds. The smallest absolute Gasteiger partial charge is 0.0462 e. The third-order valence-corrected chi connectivity index (χ3v) is 10.9. The second-order valence-corrected chi connectivity index (χ2v) is 15.1. The van der Waals surface area contributed by atoms with Crippen molar-refractivity contribution in [1.82, 2.24) is 0 Å². The van der Waals surface area contributed by atoms with E-state index in [9.17, 15) is 0 Å². The van der Waals surface area contributed by atoms with Crippen LogP contribution in [0, 0.1) is 0 Å². The highest BCUT2D eigenvalue weighted by Crippen LogP contribution is 2.36. The molecule has 9 aromatic rings. The minimum Gasteiger partial charge on any atom is -0.311 e. The zero-order valence-corrected chi connectivity index (χ0v) is 33.9. The van der Waals surface area contributed by atoms with Crippen molar-refractivity contribution in [2.24, 2.45) is 0 Å². The van der Waals surface area contributed by atoms with Crippen LogP contribution >= 0.6 is 0 Å². The van der Waals surface area contributed by atoms with Gasteiger partial charge in [-0.2, -0.15) is 0 Å². The molecule has 0 aromatic heterocycles. The number of rotatable bonds is 12. The lowest BCUT2D eigenvalue weighted by molar-refractivity contribution is 1.28. The highest BCUT2D eigenvalue weighted by atomic mass is 15.1. The molecular formula is C60H45N. The number of hydrogen-bond donors (Lipinski definition) is 0. The van der Waals surface area contributed by atoms with Crippen molar-refractivity contribution in [3.8, 4) is 33.4 Å². The number of anilines is 3. The summed E-state index contributed by atoms with van der Waals surface area (Å²) in [5.41, 5.74) is 17.6. The molecule has 0 aliphatic rings. The lowest BCUT2D eigenvalue weighted by atomic mass is 10.0. The molecule has 0 radical (unpaired) electrons. The first-order valence-corrected chi connectivity index (χ1v) is 20.8. The monoisotopic (exact) mass is 779 g/mol. The minimum absolute atomic E-state index is 1.09. The van der Waals surface area contributed by atoms with E-state index in [4.69, 9.17) is 0 Å². The first kappa shape index (κ1) is 38.5. The maximum Gasteiger partial charge on any atom is 0.0462 e. The van der Waals surface area contributed by atoms with Gasteiger partial charge in [-0.3, -0.25) is 0 Å². The van der Waals surface area contributed by atoms with Crippen LogP contribution < -0.4 is 4.90 Å². The van der Waals surface area contributed by atoms with Gasteiger partial charge < -0.3 is 4.90 Å². The summed E-state index contributed by atoms with van der Waals surface area (Å²) in [6, 6.07) is 84.1. The van der Waals surface area contributed by atoms with E-state index >= 15 is 0 Å². The SMILES string of the molecule is C(=Cc1ccc(N(c2ccc(C=Cc3ccc(-c4ccccc4)cc3)cc2)c2ccc(C=Cc3ccc(-c4ccccc4)cc3)cc2)cc1)c1ccc(-c2ccccc2)cc1. The highest BCUT2D eigenvalue weighted by molar-refractivity contribution is 5.81. The van der Waals surface area contributed by atoms with Crippen LogP contribution in [-0.2, 0) is 0 Å². The van der Waals surface area contributed by atoms with Crippen LogP contribution in [0.4, 0.5) is 17.1 Å². The number of hydrogen-bond acceptors (Lipinski definition) is 1. The van der Waals surface area contributed by atoms with Crippen LogP contribution in [0.15, 0.2) is 237 Å². The van der Waals surface area contributed by atoms with Crippen LogP contribution in [-0.4, -0.2) is 0 Å². The average molecular weight is 780 g/mol. The topological polar surface area (TPSA) is 3.24 Å². The van der Waals surface area contributed by atoms with Gasteiger partial charge in [0.05, 0.1) is 0 Å². The Morgan fingerprint density at radius 3 is 0.574 bits per heavy atom. The van der Waals surface area contributed by atoms with Gasteiger partial charge in [-0.15, -0.1) is 0 Å². The molecule has 9 aromatic carbocycles. The molecule has 290 valence electrons. The summed E-state index contributed by atoms with van der Waals surface area (Å²) in [6.07, 6.45) is 13.1. The van der Waals surface area contributed by atoms with E-state index in [0.29, 0.717) is 0 Å². The van der Waals surface area contributed by atoms with Crippen molar-refractivity contribution in [3.63, 3.8) is 0 Å².